The molecule has 19 heavy (non-hydrogen) atoms. The molecule has 96 valence electrons. The molecule has 2 nitrogen and oxygen atoms in total. The summed E-state index contributed by atoms with van der Waals surface area (Å²) in [6.45, 7) is 0. The molecule has 2 N–H and O–H groups in total. The van der Waals surface area contributed by atoms with Gasteiger partial charge in [-0.25, -0.2) is 9.71 Å². The van der Waals surface area contributed by atoms with Crippen LogP contribution >= 0.6 is 0 Å². The van der Waals surface area contributed by atoms with Crippen LogP contribution in [0, 0.1) is 5.82 Å². The summed E-state index contributed by atoms with van der Waals surface area (Å²) in [5, 5.41) is 3.33. The molecule has 3 rings (SSSR count). The molecular weight excluding hydrogens is 239 g/mol. The van der Waals surface area contributed by atoms with Crippen molar-refractivity contribution >= 4 is 11.5 Å². The number of rotatable bonds is 3. The second-order valence-corrected chi connectivity index (χ2v) is 4.79. The summed E-state index contributed by atoms with van der Waals surface area (Å²) in [6, 6.07) is 17.1. The number of nitrogens with one attached hydrogen (secondary N) is 2. The summed E-state index contributed by atoms with van der Waals surface area (Å²) in [4.78, 5) is 3.48. The Morgan fingerprint density at radius 1 is 1.00 bits per heavy atom. The second-order valence-electron chi connectivity index (χ2n) is 4.79. The van der Waals surface area contributed by atoms with E-state index >= 15 is 0 Å². The normalized spacial score (nSPS) is 15.3. The quantitative estimate of drug-likeness (QED) is 0.636. The second kappa shape index (κ2) is 5.22. The van der Waals surface area contributed by atoms with Gasteiger partial charge in [-0.1, -0.05) is 18.2 Å². The van der Waals surface area contributed by atoms with Crippen molar-refractivity contribution in [2.75, 3.05) is 5.32 Å². The average Bonchev–Trinajstić information content (AvgIpc) is 3.26. The van der Waals surface area contributed by atoms with E-state index in [0.717, 1.165) is 17.1 Å². The lowest BCUT2D eigenvalue weighted by Gasteiger charge is -2.03. The average molecular weight is 255 g/mol. The highest BCUT2D eigenvalue weighted by Gasteiger charge is 2.25. The van der Waals surface area contributed by atoms with E-state index in [9.17, 15) is 4.39 Å². The van der Waals surface area contributed by atoms with E-state index in [2.05, 4.69) is 22.4 Å². The fourth-order valence-corrected chi connectivity index (χ4v) is 1.91. The van der Waals surface area contributed by atoms with E-state index < -0.39 is 0 Å². The molecule has 0 amide bonds. The van der Waals surface area contributed by atoms with E-state index in [1.165, 1.54) is 25.0 Å². The van der Waals surface area contributed by atoms with Gasteiger partial charge in [-0.3, -0.25) is 4.99 Å². The summed E-state index contributed by atoms with van der Waals surface area (Å²) in [5.41, 5.74) is 1.99. The molecule has 2 aromatic carbocycles. The molecule has 0 heterocycles. The number of anilines is 1. The van der Waals surface area contributed by atoms with Crippen LogP contribution in [0.3, 0.4) is 0 Å². The molecule has 0 bridgehead atoms. The fourth-order valence-electron chi connectivity index (χ4n) is 1.91. The van der Waals surface area contributed by atoms with Crippen molar-refractivity contribution in [3.8, 4) is 0 Å². The molecule has 1 aliphatic carbocycles. The Morgan fingerprint density at radius 2 is 1.68 bits per heavy atom. The smallest absolute Gasteiger partial charge is 0.271 e. The Kier molecular flexibility index (Phi) is 3.27. The molecule has 0 saturated heterocycles. The first-order chi connectivity index (χ1) is 9.31. The van der Waals surface area contributed by atoms with Gasteiger partial charge >= 0.3 is 0 Å². The summed E-state index contributed by atoms with van der Waals surface area (Å²) >= 11 is 0. The standard InChI is InChI=1S/C16H15FN2/c17-13-6-8-14(9-7-13)18-16(19-15-10-11-15)12-4-2-1-3-5-12/h1-9,15H,10-11H2,(H,18,19)/p+1. The number of amidine groups is 1. The zero-order chi connectivity index (χ0) is 13.1. The van der Waals surface area contributed by atoms with Gasteiger partial charge in [-0.2, -0.15) is 0 Å². The summed E-state index contributed by atoms with van der Waals surface area (Å²) in [5.74, 6) is 0.761. The highest BCUT2D eigenvalue weighted by atomic mass is 19.1. The van der Waals surface area contributed by atoms with Crippen LogP contribution < -0.4 is 10.3 Å². The van der Waals surface area contributed by atoms with Crippen LogP contribution in [0.25, 0.3) is 0 Å². The van der Waals surface area contributed by atoms with Crippen molar-refractivity contribution in [2.24, 2.45) is 0 Å². The molecular formula is C16H16FN2+. The third-order valence-electron chi connectivity index (χ3n) is 3.10. The van der Waals surface area contributed by atoms with Crippen molar-refractivity contribution in [1.29, 1.82) is 0 Å². The summed E-state index contributed by atoms with van der Waals surface area (Å²) in [6.07, 6.45) is 2.42. The monoisotopic (exact) mass is 255 g/mol. The highest BCUT2D eigenvalue weighted by Crippen LogP contribution is 2.14. The minimum absolute atomic E-state index is 0.220. The first-order valence-electron chi connectivity index (χ1n) is 6.53. The third-order valence-corrected chi connectivity index (χ3v) is 3.10. The van der Waals surface area contributed by atoms with E-state index in [1.807, 2.05) is 18.2 Å². The van der Waals surface area contributed by atoms with Gasteiger partial charge in [0.25, 0.3) is 5.84 Å². The molecule has 0 atom stereocenters. The minimum Gasteiger partial charge on any atom is -0.271 e. The molecule has 0 spiro atoms. The largest absolute Gasteiger partial charge is 0.280 e. The molecule has 1 aliphatic rings. The van der Waals surface area contributed by atoms with Gasteiger partial charge in [0.1, 0.15) is 11.5 Å². The lowest BCUT2D eigenvalue weighted by molar-refractivity contribution is -0.472. The molecule has 1 fully saturated rings. The number of benzene rings is 2. The molecule has 0 aliphatic heterocycles. The Morgan fingerprint density at radius 3 is 2.32 bits per heavy atom. The Labute approximate surface area is 112 Å². The van der Waals surface area contributed by atoms with Gasteiger partial charge in [0.15, 0.2) is 0 Å². The van der Waals surface area contributed by atoms with Gasteiger partial charge < -0.3 is 0 Å². The predicted molar refractivity (Wildman–Crippen MR) is 74.6 cm³/mol. The number of halogens is 1. The molecule has 0 aromatic heterocycles. The Balaban J connectivity index is 1.86. The Hall–Kier alpha value is -2.16. The molecule has 0 unspecified atom stereocenters. The van der Waals surface area contributed by atoms with Crippen LogP contribution in [-0.2, 0) is 0 Å². The number of hydrogen-bond donors (Lipinski definition) is 2. The lowest BCUT2D eigenvalue weighted by Crippen LogP contribution is -2.76. The summed E-state index contributed by atoms with van der Waals surface area (Å²) in [7, 11) is 0. The summed E-state index contributed by atoms with van der Waals surface area (Å²) < 4.78 is 12.9. The lowest BCUT2D eigenvalue weighted by atomic mass is 10.2. The van der Waals surface area contributed by atoms with Crippen molar-refractivity contribution in [2.45, 2.75) is 18.9 Å². The van der Waals surface area contributed by atoms with Crippen LogP contribution in [0.5, 0.6) is 0 Å². The van der Waals surface area contributed by atoms with Crippen LogP contribution in [0.15, 0.2) is 54.6 Å². The number of hydrogen-bond acceptors (Lipinski definition) is 0. The molecule has 2 aromatic rings. The third kappa shape index (κ3) is 3.19. The maximum Gasteiger partial charge on any atom is 0.280 e. The Bertz CT molecular complexity index is 571. The van der Waals surface area contributed by atoms with Crippen LogP contribution in [0.2, 0.25) is 0 Å². The highest BCUT2D eigenvalue weighted by molar-refractivity contribution is 6.04. The SMILES string of the molecule is Fc1ccc(NC(=[NH+]C2CC2)c2ccccc2)cc1. The fraction of sp³-hybridized carbons (Fsp3) is 0.188. The van der Waals surface area contributed by atoms with Crippen molar-refractivity contribution in [1.82, 2.24) is 0 Å². The van der Waals surface area contributed by atoms with Crippen LogP contribution in [0.4, 0.5) is 10.1 Å². The predicted octanol–water partition coefficient (Wildman–Crippen LogP) is 1.93. The minimum atomic E-state index is -0.220. The zero-order valence-electron chi connectivity index (χ0n) is 10.6. The maximum atomic E-state index is 12.9. The zero-order valence-corrected chi connectivity index (χ0v) is 10.6. The van der Waals surface area contributed by atoms with Crippen LogP contribution in [0.1, 0.15) is 18.4 Å². The van der Waals surface area contributed by atoms with Crippen molar-refractivity contribution < 1.29 is 9.38 Å². The molecule has 1 saturated carbocycles. The first kappa shape index (κ1) is 11.9. The first-order valence-corrected chi connectivity index (χ1v) is 6.53. The van der Waals surface area contributed by atoms with Gasteiger partial charge in [0, 0.05) is 0 Å². The van der Waals surface area contributed by atoms with E-state index in [1.54, 1.807) is 12.1 Å². The molecule has 0 radical (unpaired) electrons. The molecule has 3 heteroatoms. The van der Waals surface area contributed by atoms with Crippen molar-refractivity contribution in [3.05, 3.63) is 66.0 Å². The van der Waals surface area contributed by atoms with Gasteiger partial charge in [-0.15, -0.1) is 0 Å². The van der Waals surface area contributed by atoms with E-state index in [-0.39, 0.29) is 5.82 Å². The van der Waals surface area contributed by atoms with Crippen molar-refractivity contribution in [3.63, 3.8) is 0 Å². The topological polar surface area (TPSA) is 26.0 Å². The maximum absolute atomic E-state index is 12.9. The van der Waals surface area contributed by atoms with Gasteiger partial charge in [-0.05, 0) is 49.2 Å². The van der Waals surface area contributed by atoms with E-state index in [0.29, 0.717) is 6.04 Å². The van der Waals surface area contributed by atoms with E-state index in [4.69, 9.17) is 0 Å². The van der Waals surface area contributed by atoms with Crippen LogP contribution in [-0.4, -0.2) is 11.9 Å². The van der Waals surface area contributed by atoms with Gasteiger partial charge in [0.05, 0.1) is 11.6 Å². The van der Waals surface area contributed by atoms with Gasteiger partial charge in [0.2, 0.25) is 0 Å².